The lowest BCUT2D eigenvalue weighted by molar-refractivity contribution is -0.349. The molecule has 0 bridgehead atoms. The predicted octanol–water partition coefficient (Wildman–Crippen LogP) is 0.663. The number of alkyl halides is 3. The maximum atomic E-state index is 12.3. The van der Waals surface area contributed by atoms with Gasteiger partial charge in [0.05, 0.1) is 0 Å². The van der Waals surface area contributed by atoms with Crippen molar-refractivity contribution >= 4 is 0 Å². The number of nitrogens with one attached hydrogen (secondary N) is 1. The third-order valence-electron chi connectivity index (χ3n) is 3.24. The normalized spacial score (nSPS) is 39.0. The molecule has 0 aromatic heterocycles. The molecule has 2 N–H and O–H groups in total. The minimum Gasteiger partial charge on any atom is -0.380 e. The molecule has 1 aliphatic carbocycles. The lowest BCUT2D eigenvalue weighted by Gasteiger charge is -2.61. The molecule has 2 fully saturated rings. The molecule has 2 nitrogen and oxygen atoms in total. The van der Waals surface area contributed by atoms with Gasteiger partial charge in [-0.2, -0.15) is 13.2 Å². The molecule has 12 heavy (non-hydrogen) atoms. The fourth-order valence-corrected chi connectivity index (χ4v) is 2.05. The number of aliphatic hydroxyl groups is 1. The van der Waals surface area contributed by atoms with E-state index in [9.17, 15) is 18.3 Å². The van der Waals surface area contributed by atoms with Gasteiger partial charge in [0.2, 0.25) is 0 Å². The Balaban J connectivity index is 2.22. The Bertz CT molecular complexity index is 206. The Morgan fingerprint density at radius 3 is 1.83 bits per heavy atom. The second kappa shape index (κ2) is 1.96. The lowest BCUT2D eigenvalue weighted by atomic mass is 9.53. The van der Waals surface area contributed by atoms with E-state index in [1.807, 2.05) is 0 Å². The summed E-state index contributed by atoms with van der Waals surface area (Å²) in [7, 11) is 0. The molecule has 1 heterocycles. The Hall–Kier alpha value is -0.290. The first-order valence-electron chi connectivity index (χ1n) is 3.91. The van der Waals surface area contributed by atoms with Crippen molar-refractivity contribution in [3.63, 3.8) is 0 Å². The van der Waals surface area contributed by atoms with Crippen LogP contribution < -0.4 is 5.32 Å². The summed E-state index contributed by atoms with van der Waals surface area (Å²) in [6.45, 7) is 0.589. The third-order valence-corrected chi connectivity index (χ3v) is 3.24. The Kier molecular flexibility index (Phi) is 1.36. The highest BCUT2D eigenvalue weighted by Gasteiger charge is 2.73. The zero-order valence-corrected chi connectivity index (χ0v) is 6.41. The van der Waals surface area contributed by atoms with Gasteiger partial charge in [-0.1, -0.05) is 0 Å². The van der Waals surface area contributed by atoms with Gasteiger partial charge in [-0.3, -0.25) is 0 Å². The summed E-state index contributed by atoms with van der Waals surface area (Å²) in [5.74, 6) is 0. The monoisotopic (exact) mass is 181 g/mol. The van der Waals surface area contributed by atoms with E-state index >= 15 is 0 Å². The van der Waals surface area contributed by atoms with Crippen LogP contribution in [0.4, 0.5) is 13.2 Å². The van der Waals surface area contributed by atoms with Gasteiger partial charge >= 0.3 is 6.18 Å². The van der Waals surface area contributed by atoms with Crippen LogP contribution in [-0.4, -0.2) is 30.0 Å². The maximum absolute atomic E-state index is 12.3. The van der Waals surface area contributed by atoms with Crippen LogP contribution in [0.15, 0.2) is 0 Å². The van der Waals surface area contributed by atoms with Crippen LogP contribution in [-0.2, 0) is 0 Å². The van der Waals surface area contributed by atoms with E-state index in [0.29, 0.717) is 19.5 Å². The van der Waals surface area contributed by atoms with Crippen LogP contribution in [0, 0.1) is 5.41 Å². The van der Waals surface area contributed by atoms with Gasteiger partial charge in [0, 0.05) is 18.5 Å². The highest BCUT2D eigenvalue weighted by atomic mass is 19.4. The first-order chi connectivity index (χ1) is 5.41. The minimum atomic E-state index is -4.46. The van der Waals surface area contributed by atoms with Gasteiger partial charge in [-0.15, -0.1) is 0 Å². The van der Waals surface area contributed by atoms with E-state index in [1.165, 1.54) is 0 Å². The third kappa shape index (κ3) is 0.688. The summed E-state index contributed by atoms with van der Waals surface area (Å²) >= 11 is 0. The fraction of sp³-hybridized carbons (Fsp3) is 1.00. The van der Waals surface area contributed by atoms with Gasteiger partial charge < -0.3 is 10.4 Å². The molecule has 5 heteroatoms. The number of rotatable bonds is 0. The summed E-state index contributed by atoms with van der Waals surface area (Å²) in [6, 6.07) is 0. The topological polar surface area (TPSA) is 32.3 Å². The molecular formula is C7H10F3NO. The quantitative estimate of drug-likeness (QED) is 0.575. The summed E-state index contributed by atoms with van der Waals surface area (Å²) in [5, 5.41) is 12.1. The van der Waals surface area contributed by atoms with Gasteiger partial charge in [0.25, 0.3) is 0 Å². The molecule has 0 amide bonds. The van der Waals surface area contributed by atoms with E-state index in [1.54, 1.807) is 0 Å². The van der Waals surface area contributed by atoms with Crippen LogP contribution >= 0.6 is 0 Å². The molecule has 2 rings (SSSR count). The van der Waals surface area contributed by atoms with Gasteiger partial charge in [0.1, 0.15) is 0 Å². The first kappa shape index (κ1) is 8.31. The number of hydrogen-bond donors (Lipinski definition) is 2. The van der Waals surface area contributed by atoms with Gasteiger partial charge in [-0.25, -0.2) is 0 Å². The fourth-order valence-electron chi connectivity index (χ4n) is 2.05. The van der Waals surface area contributed by atoms with Crippen molar-refractivity contribution in [2.24, 2.45) is 5.41 Å². The van der Waals surface area contributed by atoms with Crippen molar-refractivity contribution in [3.05, 3.63) is 0 Å². The highest BCUT2D eigenvalue weighted by molar-refractivity contribution is 5.17. The average Bonchev–Trinajstić information content (AvgIpc) is 1.77. The Morgan fingerprint density at radius 1 is 1.17 bits per heavy atom. The molecule has 2 aliphatic rings. The molecule has 1 unspecified atom stereocenters. The molecule has 1 aliphatic heterocycles. The van der Waals surface area contributed by atoms with Crippen molar-refractivity contribution in [2.75, 3.05) is 13.1 Å². The number of hydrogen-bond acceptors (Lipinski definition) is 2. The molecule has 1 saturated carbocycles. The zero-order chi connectivity index (χ0) is 9.04. The molecular weight excluding hydrogens is 171 g/mol. The summed E-state index contributed by atoms with van der Waals surface area (Å²) in [4.78, 5) is 0. The van der Waals surface area contributed by atoms with Crippen LogP contribution in [0.1, 0.15) is 12.8 Å². The van der Waals surface area contributed by atoms with Crippen LogP contribution in [0.25, 0.3) is 0 Å². The minimum absolute atomic E-state index is 0.141. The van der Waals surface area contributed by atoms with E-state index in [0.717, 1.165) is 0 Å². The van der Waals surface area contributed by atoms with Crippen molar-refractivity contribution < 1.29 is 18.3 Å². The SMILES string of the molecule is OC1(C(F)(F)F)CCC12CNC2. The predicted molar refractivity (Wildman–Crippen MR) is 35.5 cm³/mol. The highest BCUT2D eigenvalue weighted by Crippen LogP contribution is 2.59. The summed E-state index contributed by atoms with van der Waals surface area (Å²) in [5.41, 5.74) is -3.31. The molecule has 0 aromatic rings. The standard InChI is InChI=1S/C7H10F3NO/c8-7(9,10)6(12)2-1-5(6)3-11-4-5/h11-12H,1-4H2. The van der Waals surface area contributed by atoms with E-state index in [-0.39, 0.29) is 6.42 Å². The van der Waals surface area contributed by atoms with Gasteiger partial charge in [0.15, 0.2) is 5.60 Å². The van der Waals surface area contributed by atoms with E-state index < -0.39 is 17.2 Å². The van der Waals surface area contributed by atoms with Crippen LogP contribution in [0.2, 0.25) is 0 Å². The van der Waals surface area contributed by atoms with Crippen molar-refractivity contribution in [3.8, 4) is 0 Å². The van der Waals surface area contributed by atoms with E-state index in [4.69, 9.17) is 0 Å². The molecule has 1 spiro atoms. The first-order valence-corrected chi connectivity index (χ1v) is 3.91. The van der Waals surface area contributed by atoms with Crippen LogP contribution in [0.3, 0.4) is 0 Å². The number of halogens is 3. The smallest absolute Gasteiger partial charge is 0.380 e. The van der Waals surface area contributed by atoms with Gasteiger partial charge in [-0.05, 0) is 12.8 Å². The van der Waals surface area contributed by atoms with Crippen molar-refractivity contribution in [2.45, 2.75) is 24.6 Å². The lowest BCUT2D eigenvalue weighted by Crippen LogP contribution is -2.76. The van der Waals surface area contributed by atoms with Crippen LogP contribution in [0.5, 0.6) is 0 Å². The largest absolute Gasteiger partial charge is 0.417 e. The Morgan fingerprint density at radius 2 is 1.75 bits per heavy atom. The summed E-state index contributed by atoms with van der Waals surface area (Å²) in [6.07, 6.45) is -4.12. The van der Waals surface area contributed by atoms with Crippen molar-refractivity contribution in [1.82, 2.24) is 5.32 Å². The van der Waals surface area contributed by atoms with E-state index in [2.05, 4.69) is 5.32 Å². The molecule has 1 atom stereocenters. The maximum Gasteiger partial charge on any atom is 0.417 e. The average molecular weight is 181 g/mol. The second-order valence-electron chi connectivity index (χ2n) is 3.74. The molecule has 0 aromatic carbocycles. The molecule has 0 radical (unpaired) electrons. The molecule has 1 saturated heterocycles. The van der Waals surface area contributed by atoms with Crippen molar-refractivity contribution in [1.29, 1.82) is 0 Å². The second-order valence-corrected chi connectivity index (χ2v) is 3.74. The zero-order valence-electron chi connectivity index (χ0n) is 6.41. The Labute approximate surface area is 67.8 Å². The molecule has 70 valence electrons. The summed E-state index contributed by atoms with van der Waals surface area (Å²) < 4.78 is 37.0.